The molecule has 2 heterocycles. The molecular weight excluding hydrogens is 321 g/mol. The predicted molar refractivity (Wildman–Crippen MR) is 89.3 cm³/mol. The van der Waals surface area contributed by atoms with E-state index in [1.807, 2.05) is 6.07 Å². The van der Waals surface area contributed by atoms with Gasteiger partial charge >= 0.3 is 0 Å². The molecule has 0 spiro atoms. The Morgan fingerprint density at radius 2 is 2.16 bits per heavy atom. The molecule has 0 fully saturated rings. The van der Waals surface area contributed by atoms with Crippen LogP contribution in [0.5, 0.6) is 0 Å². The smallest absolute Gasteiger partial charge is 0.220 e. The number of nitrogens with zero attached hydrogens (tertiary/aromatic N) is 2. The molecule has 2 aromatic heterocycles. The summed E-state index contributed by atoms with van der Waals surface area (Å²) in [7, 11) is 0. The number of benzene rings is 2. The van der Waals surface area contributed by atoms with Crippen LogP contribution in [0.3, 0.4) is 0 Å². The van der Waals surface area contributed by atoms with Crippen LogP contribution < -0.4 is 0 Å². The standard InChI is InChI=1S/C19H12FN3O2/c20-12-5-6-15-13(8-12)11(10-22-15)7-17(24)14(9-21)19-23-16-3-1-2-4-18(16)25-19/h1-6,8,10,14,22H,7H2. The topological polar surface area (TPSA) is 82.7 Å². The van der Waals surface area contributed by atoms with Gasteiger partial charge < -0.3 is 9.40 Å². The van der Waals surface area contributed by atoms with Crippen LogP contribution >= 0.6 is 0 Å². The number of halogens is 1. The minimum absolute atomic E-state index is 0.0135. The number of oxazole rings is 1. The number of H-pyrrole nitrogens is 1. The largest absolute Gasteiger partial charge is 0.439 e. The van der Waals surface area contributed by atoms with E-state index in [4.69, 9.17) is 4.42 Å². The first-order valence-electron chi connectivity index (χ1n) is 7.69. The summed E-state index contributed by atoms with van der Waals surface area (Å²) in [5, 5.41) is 10.0. The Bertz CT molecular complexity index is 1100. The number of carbonyl (C=O) groups is 1. The number of aromatic amines is 1. The van der Waals surface area contributed by atoms with Gasteiger partial charge in [0.1, 0.15) is 11.3 Å². The van der Waals surface area contributed by atoms with E-state index in [2.05, 4.69) is 9.97 Å². The first-order chi connectivity index (χ1) is 12.2. The predicted octanol–water partition coefficient (Wildman–Crippen LogP) is 3.87. The van der Waals surface area contributed by atoms with Gasteiger partial charge in [-0.3, -0.25) is 4.79 Å². The van der Waals surface area contributed by atoms with E-state index in [1.165, 1.54) is 12.1 Å². The molecule has 0 aliphatic heterocycles. The van der Waals surface area contributed by atoms with Gasteiger partial charge in [0.05, 0.1) is 6.07 Å². The van der Waals surface area contributed by atoms with Crippen molar-refractivity contribution in [1.29, 1.82) is 5.26 Å². The number of nitriles is 1. The number of ketones is 1. The number of rotatable bonds is 4. The summed E-state index contributed by atoms with van der Waals surface area (Å²) in [6.07, 6.45) is 1.64. The molecule has 0 aliphatic rings. The molecule has 4 rings (SSSR count). The first kappa shape index (κ1) is 15.1. The summed E-state index contributed by atoms with van der Waals surface area (Å²) in [5.74, 6) is -1.75. The van der Waals surface area contributed by atoms with Crippen molar-refractivity contribution in [2.45, 2.75) is 12.3 Å². The highest BCUT2D eigenvalue weighted by Gasteiger charge is 2.26. The van der Waals surface area contributed by atoms with E-state index < -0.39 is 5.92 Å². The lowest BCUT2D eigenvalue weighted by Gasteiger charge is -2.03. The summed E-state index contributed by atoms with van der Waals surface area (Å²) in [5.41, 5.74) is 2.50. The molecule has 0 amide bonds. The Hall–Kier alpha value is -3.46. The zero-order valence-electron chi connectivity index (χ0n) is 13.0. The van der Waals surface area contributed by atoms with Gasteiger partial charge in [-0.2, -0.15) is 5.26 Å². The maximum atomic E-state index is 13.5. The molecule has 0 radical (unpaired) electrons. The van der Waals surface area contributed by atoms with Crippen molar-refractivity contribution in [3.8, 4) is 6.07 Å². The summed E-state index contributed by atoms with van der Waals surface area (Å²) in [4.78, 5) is 19.8. The van der Waals surface area contributed by atoms with Crippen molar-refractivity contribution in [1.82, 2.24) is 9.97 Å². The Morgan fingerprint density at radius 1 is 1.32 bits per heavy atom. The maximum absolute atomic E-state index is 13.5. The van der Waals surface area contributed by atoms with Crippen LogP contribution in [0.2, 0.25) is 0 Å². The van der Waals surface area contributed by atoms with Crippen molar-refractivity contribution in [3.63, 3.8) is 0 Å². The van der Waals surface area contributed by atoms with Crippen molar-refractivity contribution < 1.29 is 13.6 Å². The van der Waals surface area contributed by atoms with Crippen LogP contribution in [0.4, 0.5) is 4.39 Å². The van der Waals surface area contributed by atoms with Gasteiger partial charge in [0.2, 0.25) is 5.89 Å². The Kier molecular flexibility index (Phi) is 3.55. The van der Waals surface area contributed by atoms with Crippen LogP contribution in [0.1, 0.15) is 17.4 Å². The fraction of sp³-hybridized carbons (Fsp3) is 0.105. The third-order valence-electron chi connectivity index (χ3n) is 4.10. The van der Waals surface area contributed by atoms with E-state index in [0.29, 0.717) is 22.0 Å². The number of hydrogen-bond donors (Lipinski definition) is 1. The fourth-order valence-electron chi connectivity index (χ4n) is 2.87. The summed E-state index contributed by atoms with van der Waals surface area (Å²) >= 11 is 0. The lowest BCUT2D eigenvalue weighted by molar-refractivity contribution is -0.119. The van der Waals surface area contributed by atoms with Crippen LogP contribution in [0, 0.1) is 17.1 Å². The molecule has 25 heavy (non-hydrogen) atoms. The number of hydrogen-bond acceptors (Lipinski definition) is 4. The lowest BCUT2D eigenvalue weighted by Crippen LogP contribution is -2.13. The monoisotopic (exact) mass is 333 g/mol. The molecule has 0 saturated carbocycles. The highest BCUT2D eigenvalue weighted by molar-refractivity contribution is 5.94. The van der Waals surface area contributed by atoms with E-state index >= 15 is 0 Å². The van der Waals surface area contributed by atoms with Gasteiger partial charge in [-0.15, -0.1) is 0 Å². The van der Waals surface area contributed by atoms with Crippen molar-refractivity contribution in [2.24, 2.45) is 0 Å². The molecule has 2 aromatic carbocycles. The molecule has 5 nitrogen and oxygen atoms in total. The van der Waals surface area contributed by atoms with Gasteiger partial charge in [-0.1, -0.05) is 12.1 Å². The molecule has 4 aromatic rings. The normalized spacial score (nSPS) is 12.3. The van der Waals surface area contributed by atoms with Crippen LogP contribution in [0.25, 0.3) is 22.0 Å². The molecule has 1 atom stereocenters. The summed E-state index contributed by atoms with van der Waals surface area (Å²) in [6.45, 7) is 0. The molecule has 6 heteroatoms. The second kappa shape index (κ2) is 5.87. The zero-order chi connectivity index (χ0) is 17.4. The Labute approximate surface area is 141 Å². The average molecular weight is 333 g/mol. The number of aromatic nitrogens is 2. The van der Waals surface area contributed by atoms with E-state index in [0.717, 1.165) is 5.52 Å². The molecule has 0 saturated heterocycles. The van der Waals surface area contributed by atoms with Crippen molar-refractivity contribution in [3.05, 3.63) is 65.9 Å². The highest BCUT2D eigenvalue weighted by Crippen LogP contribution is 2.25. The molecule has 0 aliphatic carbocycles. The second-order valence-corrected chi connectivity index (χ2v) is 5.73. The minimum Gasteiger partial charge on any atom is -0.439 e. The highest BCUT2D eigenvalue weighted by atomic mass is 19.1. The number of Topliss-reactive ketones (excluding diaryl/α,β-unsaturated/α-hetero) is 1. The fourth-order valence-corrected chi connectivity index (χ4v) is 2.87. The number of carbonyl (C=O) groups excluding carboxylic acids is 1. The van der Waals surface area contributed by atoms with Gasteiger partial charge in [0.25, 0.3) is 0 Å². The molecule has 1 unspecified atom stereocenters. The van der Waals surface area contributed by atoms with Crippen LogP contribution in [-0.4, -0.2) is 15.8 Å². The third kappa shape index (κ3) is 2.66. The van der Waals surface area contributed by atoms with Gasteiger partial charge in [-0.25, -0.2) is 9.37 Å². The number of nitrogens with one attached hydrogen (secondary N) is 1. The SMILES string of the molecule is N#CC(C(=O)Cc1c[nH]c2ccc(F)cc12)c1nc2ccccc2o1. The summed E-state index contributed by atoms with van der Waals surface area (Å²) in [6, 6.07) is 13.4. The van der Waals surface area contributed by atoms with Crippen LogP contribution in [0.15, 0.2) is 53.1 Å². The number of fused-ring (bicyclic) bond motifs is 2. The van der Waals surface area contributed by atoms with Crippen molar-refractivity contribution >= 4 is 27.8 Å². The van der Waals surface area contributed by atoms with Gasteiger partial charge in [0.15, 0.2) is 17.3 Å². The van der Waals surface area contributed by atoms with E-state index in [-0.39, 0.29) is 23.9 Å². The molecule has 122 valence electrons. The van der Waals surface area contributed by atoms with E-state index in [1.54, 1.807) is 36.5 Å². The van der Waals surface area contributed by atoms with Gasteiger partial charge in [0, 0.05) is 23.5 Å². The van der Waals surface area contributed by atoms with Crippen molar-refractivity contribution in [2.75, 3.05) is 0 Å². The molecular formula is C19H12FN3O2. The average Bonchev–Trinajstić information content (AvgIpc) is 3.19. The number of para-hydroxylation sites is 2. The quantitative estimate of drug-likeness (QED) is 0.614. The van der Waals surface area contributed by atoms with E-state index in [9.17, 15) is 14.4 Å². The maximum Gasteiger partial charge on any atom is 0.220 e. The minimum atomic E-state index is -1.11. The van der Waals surface area contributed by atoms with Crippen LogP contribution in [-0.2, 0) is 11.2 Å². The lowest BCUT2D eigenvalue weighted by atomic mass is 9.98. The summed E-state index contributed by atoms with van der Waals surface area (Å²) < 4.78 is 19.0. The first-order valence-corrected chi connectivity index (χ1v) is 7.69. The Balaban J connectivity index is 1.66. The van der Waals surface area contributed by atoms with Gasteiger partial charge in [-0.05, 0) is 35.9 Å². The molecule has 0 bridgehead atoms. The molecule has 1 N–H and O–H groups in total. The third-order valence-corrected chi connectivity index (χ3v) is 4.10. The Morgan fingerprint density at radius 3 is 2.96 bits per heavy atom. The second-order valence-electron chi connectivity index (χ2n) is 5.73. The zero-order valence-corrected chi connectivity index (χ0v) is 13.0.